The van der Waals surface area contributed by atoms with Crippen LogP contribution in [0, 0.1) is 0 Å². The summed E-state index contributed by atoms with van der Waals surface area (Å²) in [6, 6.07) is 6.06. The van der Waals surface area contributed by atoms with Crippen LogP contribution in [0.2, 0.25) is 0 Å². The Labute approximate surface area is 108 Å². The topological polar surface area (TPSA) is 39.2 Å². The highest BCUT2D eigenvalue weighted by molar-refractivity contribution is 7.99. The van der Waals surface area contributed by atoms with Crippen molar-refractivity contribution in [3.63, 3.8) is 0 Å². The average molecular weight is 267 g/mol. The molecule has 1 heterocycles. The second kappa shape index (κ2) is 6.02. The van der Waals surface area contributed by atoms with E-state index in [1.165, 1.54) is 9.60 Å². The summed E-state index contributed by atoms with van der Waals surface area (Å²) in [5, 5.41) is 0. The molecule has 0 saturated carbocycles. The fourth-order valence-corrected chi connectivity index (χ4v) is 3.37. The zero-order valence-corrected chi connectivity index (χ0v) is 11.1. The van der Waals surface area contributed by atoms with Gasteiger partial charge in [-0.05, 0) is 19.1 Å². The van der Waals surface area contributed by atoms with Crippen LogP contribution in [0.4, 0.5) is 0 Å². The fraction of sp³-hybridized carbons (Fsp3) is 0.333. The molecule has 0 atom stereocenters. The lowest BCUT2D eigenvalue weighted by Gasteiger charge is -2.03. The van der Waals surface area contributed by atoms with Gasteiger partial charge in [-0.3, -0.25) is 4.79 Å². The van der Waals surface area contributed by atoms with E-state index in [9.17, 15) is 4.79 Å². The van der Waals surface area contributed by atoms with Crippen LogP contribution in [-0.2, 0) is 9.53 Å². The van der Waals surface area contributed by atoms with E-state index in [0.717, 1.165) is 11.3 Å². The first-order valence-corrected chi connectivity index (χ1v) is 7.28. The minimum absolute atomic E-state index is 0.128. The number of aromatic nitrogens is 1. The number of nitrogens with zero attached hydrogens (tertiary/aromatic N) is 1. The van der Waals surface area contributed by atoms with Gasteiger partial charge in [0.05, 0.1) is 28.8 Å². The third-order valence-electron chi connectivity index (χ3n) is 2.19. The third kappa shape index (κ3) is 3.20. The number of carbonyl (C=O) groups excluding carboxylic acids is 1. The van der Waals surface area contributed by atoms with Gasteiger partial charge in [0.15, 0.2) is 0 Å². The van der Waals surface area contributed by atoms with Crippen LogP contribution in [0.15, 0.2) is 28.6 Å². The molecule has 0 aliphatic heterocycles. The largest absolute Gasteiger partial charge is 0.466 e. The highest BCUT2D eigenvalue weighted by Gasteiger charge is 2.06. The molecule has 17 heavy (non-hydrogen) atoms. The summed E-state index contributed by atoms with van der Waals surface area (Å²) in [4.78, 5) is 16.7. The summed E-state index contributed by atoms with van der Waals surface area (Å²) in [6.07, 6.45) is 0.452. The second-order valence-corrected chi connectivity index (χ2v) is 5.35. The molecule has 0 fully saturated rings. The van der Waals surface area contributed by atoms with E-state index in [4.69, 9.17) is 4.74 Å². The molecule has 0 saturated heterocycles. The number of hydrogen-bond acceptors (Lipinski definition) is 5. The quantitative estimate of drug-likeness (QED) is 0.615. The number of esters is 1. The maximum absolute atomic E-state index is 11.2. The van der Waals surface area contributed by atoms with Crippen LogP contribution < -0.4 is 0 Å². The Balaban J connectivity index is 1.95. The Hall–Kier alpha value is -1.07. The molecule has 1 aromatic carbocycles. The molecule has 0 bridgehead atoms. The van der Waals surface area contributed by atoms with Crippen molar-refractivity contribution < 1.29 is 9.53 Å². The minimum atomic E-state index is -0.128. The summed E-state index contributed by atoms with van der Waals surface area (Å²) in [6.45, 7) is 2.27. The molecule has 0 amide bonds. The molecule has 2 aromatic rings. The Kier molecular flexibility index (Phi) is 4.39. The van der Waals surface area contributed by atoms with Crippen LogP contribution in [-0.4, -0.2) is 23.3 Å². The SMILES string of the molecule is CCOC(=O)CCSc1cccc2ncsc12. The van der Waals surface area contributed by atoms with Crippen molar-refractivity contribution >= 4 is 39.3 Å². The van der Waals surface area contributed by atoms with Gasteiger partial charge in [-0.25, -0.2) is 4.98 Å². The van der Waals surface area contributed by atoms with E-state index >= 15 is 0 Å². The maximum atomic E-state index is 11.2. The summed E-state index contributed by atoms with van der Waals surface area (Å²) < 4.78 is 6.09. The van der Waals surface area contributed by atoms with Gasteiger partial charge in [0, 0.05) is 10.6 Å². The van der Waals surface area contributed by atoms with Gasteiger partial charge >= 0.3 is 5.97 Å². The lowest BCUT2D eigenvalue weighted by Crippen LogP contribution is -2.04. The first kappa shape index (κ1) is 12.4. The molecular formula is C12H13NO2S2. The number of thioether (sulfide) groups is 1. The first-order chi connectivity index (χ1) is 8.31. The van der Waals surface area contributed by atoms with E-state index in [2.05, 4.69) is 11.1 Å². The molecule has 0 aliphatic carbocycles. The lowest BCUT2D eigenvalue weighted by molar-refractivity contribution is -0.142. The summed E-state index contributed by atoms with van der Waals surface area (Å²) in [5.41, 5.74) is 2.87. The van der Waals surface area contributed by atoms with Crippen molar-refractivity contribution in [3.05, 3.63) is 23.7 Å². The Bertz CT molecular complexity index is 510. The van der Waals surface area contributed by atoms with Crippen molar-refractivity contribution in [2.45, 2.75) is 18.2 Å². The van der Waals surface area contributed by atoms with Crippen molar-refractivity contribution in [1.82, 2.24) is 4.98 Å². The molecule has 2 rings (SSSR count). The Morgan fingerprint density at radius 1 is 1.53 bits per heavy atom. The number of thiazole rings is 1. The highest BCUT2D eigenvalue weighted by Crippen LogP contribution is 2.30. The molecule has 5 heteroatoms. The van der Waals surface area contributed by atoms with Gasteiger partial charge in [-0.1, -0.05) is 6.07 Å². The lowest BCUT2D eigenvalue weighted by atomic mass is 10.3. The molecule has 90 valence electrons. The van der Waals surface area contributed by atoms with Crippen LogP contribution >= 0.6 is 23.1 Å². The molecule has 0 unspecified atom stereocenters. The zero-order chi connectivity index (χ0) is 12.1. The predicted octanol–water partition coefficient (Wildman–Crippen LogP) is 3.34. The van der Waals surface area contributed by atoms with Gasteiger partial charge in [0.2, 0.25) is 0 Å². The van der Waals surface area contributed by atoms with E-state index in [-0.39, 0.29) is 5.97 Å². The smallest absolute Gasteiger partial charge is 0.306 e. The number of hydrogen-bond donors (Lipinski definition) is 0. The Morgan fingerprint density at radius 2 is 2.41 bits per heavy atom. The summed E-state index contributed by atoms with van der Waals surface area (Å²) in [5.74, 6) is 0.618. The fourth-order valence-electron chi connectivity index (χ4n) is 1.45. The van der Waals surface area contributed by atoms with Gasteiger partial charge < -0.3 is 4.74 Å². The minimum Gasteiger partial charge on any atom is -0.466 e. The van der Waals surface area contributed by atoms with Crippen molar-refractivity contribution in [3.8, 4) is 0 Å². The molecule has 0 spiro atoms. The van der Waals surface area contributed by atoms with Crippen molar-refractivity contribution in [1.29, 1.82) is 0 Å². The molecule has 0 aliphatic rings. The third-order valence-corrected chi connectivity index (χ3v) is 4.25. The molecule has 1 aromatic heterocycles. The van der Waals surface area contributed by atoms with Gasteiger partial charge in [0.25, 0.3) is 0 Å². The highest BCUT2D eigenvalue weighted by atomic mass is 32.2. The monoisotopic (exact) mass is 267 g/mol. The van der Waals surface area contributed by atoms with Gasteiger partial charge in [-0.15, -0.1) is 23.1 Å². The van der Waals surface area contributed by atoms with Gasteiger partial charge in [-0.2, -0.15) is 0 Å². The summed E-state index contributed by atoms with van der Waals surface area (Å²) in [7, 11) is 0. The standard InChI is InChI=1S/C12H13NO2S2/c1-2-15-11(14)6-7-16-10-5-3-4-9-12(10)17-8-13-9/h3-5,8H,2,6-7H2,1H3. The van der Waals surface area contributed by atoms with Crippen molar-refractivity contribution in [2.24, 2.45) is 0 Å². The van der Waals surface area contributed by atoms with E-state index in [1.807, 2.05) is 24.6 Å². The number of fused-ring (bicyclic) bond motifs is 1. The number of rotatable bonds is 5. The van der Waals surface area contributed by atoms with E-state index in [0.29, 0.717) is 13.0 Å². The van der Waals surface area contributed by atoms with Gasteiger partial charge in [0.1, 0.15) is 0 Å². The van der Waals surface area contributed by atoms with E-state index < -0.39 is 0 Å². The van der Waals surface area contributed by atoms with Crippen LogP contribution in [0.5, 0.6) is 0 Å². The van der Waals surface area contributed by atoms with Crippen LogP contribution in [0.3, 0.4) is 0 Å². The normalized spacial score (nSPS) is 10.6. The van der Waals surface area contributed by atoms with Crippen LogP contribution in [0.1, 0.15) is 13.3 Å². The van der Waals surface area contributed by atoms with Crippen molar-refractivity contribution in [2.75, 3.05) is 12.4 Å². The summed E-state index contributed by atoms with van der Waals surface area (Å²) >= 11 is 3.31. The first-order valence-electron chi connectivity index (χ1n) is 5.42. The maximum Gasteiger partial charge on any atom is 0.306 e. The van der Waals surface area contributed by atoms with Crippen LogP contribution in [0.25, 0.3) is 10.2 Å². The molecule has 0 radical (unpaired) electrons. The molecule has 3 nitrogen and oxygen atoms in total. The second-order valence-electron chi connectivity index (χ2n) is 3.36. The predicted molar refractivity (Wildman–Crippen MR) is 71.6 cm³/mol. The Morgan fingerprint density at radius 3 is 3.24 bits per heavy atom. The average Bonchev–Trinajstić information content (AvgIpc) is 2.78. The molecular weight excluding hydrogens is 254 g/mol. The number of carbonyl (C=O) groups is 1. The van der Waals surface area contributed by atoms with E-state index in [1.54, 1.807) is 23.1 Å². The number of ether oxygens (including phenoxy) is 1. The number of benzene rings is 1. The zero-order valence-electron chi connectivity index (χ0n) is 9.51. The molecule has 0 N–H and O–H groups in total.